The van der Waals surface area contributed by atoms with Gasteiger partial charge in [0.2, 0.25) is 0 Å². The van der Waals surface area contributed by atoms with Crippen molar-refractivity contribution in [2.45, 2.75) is 88.0 Å². The minimum Gasteiger partial charge on any atom is -0.299 e. The second-order valence-electron chi connectivity index (χ2n) is 7.15. The zero-order valence-electron chi connectivity index (χ0n) is 14.3. The van der Waals surface area contributed by atoms with Crippen molar-refractivity contribution in [2.24, 2.45) is 16.7 Å². The van der Waals surface area contributed by atoms with Gasteiger partial charge in [-0.15, -0.1) is 0 Å². The van der Waals surface area contributed by atoms with Gasteiger partial charge in [0, 0.05) is 5.41 Å². The third-order valence-electron chi connectivity index (χ3n) is 3.68. The molecule has 0 atom stereocenters. The SMILES string of the molecule is CC.CC(=O)C(C)(C)C.CC1CCC(C)(C)CC1. The van der Waals surface area contributed by atoms with E-state index in [1.54, 1.807) is 6.92 Å². The Bertz CT molecular complexity index is 210. The van der Waals surface area contributed by atoms with Crippen LogP contribution in [-0.4, -0.2) is 5.78 Å². The number of ketones is 1. The van der Waals surface area contributed by atoms with Gasteiger partial charge in [-0.3, -0.25) is 4.79 Å². The van der Waals surface area contributed by atoms with Crippen molar-refractivity contribution in [1.29, 1.82) is 0 Å². The van der Waals surface area contributed by atoms with Crippen LogP contribution < -0.4 is 0 Å². The van der Waals surface area contributed by atoms with Crippen molar-refractivity contribution in [1.82, 2.24) is 0 Å². The van der Waals surface area contributed by atoms with E-state index < -0.39 is 0 Å². The summed E-state index contributed by atoms with van der Waals surface area (Å²) in [5.41, 5.74) is 0.520. The van der Waals surface area contributed by atoms with Gasteiger partial charge in [0.05, 0.1) is 0 Å². The summed E-state index contributed by atoms with van der Waals surface area (Å²) in [6.45, 7) is 18.5. The summed E-state index contributed by atoms with van der Waals surface area (Å²) in [6.07, 6.45) is 5.78. The summed E-state index contributed by atoms with van der Waals surface area (Å²) >= 11 is 0. The molecule has 0 heterocycles. The van der Waals surface area contributed by atoms with Crippen molar-refractivity contribution in [2.75, 3.05) is 0 Å². The van der Waals surface area contributed by atoms with Gasteiger partial charge in [0.25, 0.3) is 0 Å². The maximum absolute atomic E-state index is 10.5. The largest absolute Gasteiger partial charge is 0.299 e. The molecule has 1 aliphatic carbocycles. The number of hydrogen-bond acceptors (Lipinski definition) is 1. The molecule has 1 saturated carbocycles. The van der Waals surface area contributed by atoms with Gasteiger partial charge in [0.15, 0.2) is 0 Å². The van der Waals surface area contributed by atoms with Gasteiger partial charge in [-0.05, 0) is 31.1 Å². The first-order chi connectivity index (χ1) is 8.04. The summed E-state index contributed by atoms with van der Waals surface area (Å²) in [5, 5.41) is 0. The second kappa shape index (κ2) is 8.72. The third kappa shape index (κ3) is 10.8. The van der Waals surface area contributed by atoms with Crippen LogP contribution in [0.25, 0.3) is 0 Å². The maximum atomic E-state index is 10.5. The molecule has 1 nitrogen and oxygen atoms in total. The van der Waals surface area contributed by atoms with Gasteiger partial charge < -0.3 is 0 Å². The van der Waals surface area contributed by atoms with Crippen molar-refractivity contribution >= 4 is 5.78 Å². The molecule has 0 aliphatic heterocycles. The molecule has 0 radical (unpaired) electrons. The van der Waals surface area contributed by atoms with Gasteiger partial charge >= 0.3 is 0 Å². The fourth-order valence-electron chi connectivity index (χ4n) is 1.54. The van der Waals surface area contributed by atoms with E-state index in [1.807, 2.05) is 34.6 Å². The Labute approximate surface area is 116 Å². The van der Waals surface area contributed by atoms with E-state index in [0.29, 0.717) is 5.41 Å². The van der Waals surface area contributed by atoms with Gasteiger partial charge in [-0.1, -0.05) is 68.2 Å². The first-order valence-electron chi connectivity index (χ1n) is 7.56. The Morgan fingerprint density at radius 1 is 1.06 bits per heavy atom. The number of hydrogen-bond donors (Lipinski definition) is 0. The standard InChI is InChI=1S/C9H18.C6H12O.C2H6/c1-8-4-6-9(2,3)7-5-8;1-5(7)6(2,3)4;1-2/h8H,4-7H2,1-3H3;1-4H3;1-2H3. The average molecular weight is 256 g/mol. The highest BCUT2D eigenvalue weighted by molar-refractivity contribution is 5.80. The molecular formula is C17H36O. The molecule has 0 spiro atoms. The number of carbonyl (C=O) groups is 1. The molecule has 1 rings (SSSR count). The van der Waals surface area contributed by atoms with Crippen molar-refractivity contribution in [3.63, 3.8) is 0 Å². The van der Waals surface area contributed by atoms with Crippen LogP contribution in [0.1, 0.15) is 88.0 Å². The quantitative estimate of drug-likeness (QED) is 0.529. The highest BCUT2D eigenvalue weighted by atomic mass is 16.1. The molecule has 0 aromatic rings. The lowest BCUT2D eigenvalue weighted by Gasteiger charge is -2.32. The van der Waals surface area contributed by atoms with Crippen molar-refractivity contribution in [3.05, 3.63) is 0 Å². The lowest BCUT2D eigenvalue weighted by atomic mass is 9.74. The summed E-state index contributed by atoms with van der Waals surface area (Å²) in [7, 11) is 0. The lowest BCUT2D eigenvalue weighted by Crippen LogP contribution is -2.19. The molecule has 0 saturated heterocycles. The van der Waals surface area contributed by atoms with Crippen LogP contribution in [0.2, 0.25) is 0 Å². The first-order valence-corrected chi connectivity index (χ1v) is 7.56. The molecule has 1 fully saturated rings. The molecule has 0 aromatic heterocycles. The fourth-order valence-corrected chi connectivity index (χ4v) is 1.54. The molecule has 0 bridgehead atoms. The van der Waals surface area contributed by atoms with Crippen LogP contribution in [0.5, 0.6) is 0 Å². The summed E-state index contributed by atoms with van der Waals surface area (Å²) in [5.74, 6) is 1.24. The van der Waals surface area contributed by atoms with Crippen LogP contribution in [0.3, 0.4) is 0 Å². The Hall–Kier alpha value is -0.330. The van der Waals surface area contributed by atoms with Crippen LogP contribution in [0.4, 0.5) is 0 Å². The van der Waals surface area contributed by atoms with Gasteiger partial charge in [-0.25, -0.2) is 0 Å². The Morgan fingerprint density at radius 3 is 1.50 bits per heavy atom. The molecule has 0 N–H and O–H groups in total. The molecule has 0 aromatic carbocycles. The molecular weight excluding hydrogens is 220 g/mol. The predicted octanol–water partition coefficient (Wildman–Crippen LogP) is 5.87. The molecule has 110 valence electrons. The number of rotatable bonds is 0. The molecule has 1 aliphatic rings. The van der Waals surface area contributed by atoms with E-state index in [1.165, 1.54) is 25.7 Å². The van der Waals surface area contributed by atoms with E-state index in [9.17, 15) is 4.79 Å². The summed E-state index contributed by atoms with van der Waals surface area (Å²) in [6, 6.07) is 0. The molecule has 18 heavy (non-hydrogen) atoms. The van der Waals surface area contributed by atoms with Crippen LogP contribution >= 0.6 is 0 Å². The molecule has 0 amide bonds. The van der Waals surface area contributed by atoms with E-state index in [0.717, 1.165) is 5.92 Å². The highest BCUT2D eigenvalue weighted by Crippen LogP contribution is 2.37. The summed E-state index contributed by atoms with van der Waals surface area (Å²) < 4.78 is 0. The van der Waals surface area contributed by atoms with E-state index in [2.05, 4.69) is 20.8 Å². The minimum atomic E-state index is -0.139. The van der Waals surface area contributed by atoms with E-state index in [-0.39, 0.29) is 11.2 Å². The predicted molar refractivity (Wildman–Crippen MR) is 82.9 cm³/mol. The summed E-state index contributed by atoms with van der Waals surface area (Å²) in [4.78, 5) is 10.5. The van der Waals surface area contributed by atoms with E-state index >= 15 is 0 Å². The Balaban J connectivity index is 0. The lowest BCUT2D eigenvalue weighted by molar-refractivity contribution is -0.124. The minimum absolute atomic E-state index is 0.139. The molecule has 1 heteroatoms. The monoisotopic (exact) mass is 256 g/mol. The van der Waals surface area contributed by atoms with E-state index in [4.69, 9.17) is 0 Å². The highest BCUT2D eigenvalue weighted by Gasteiger charge is 2.23. The smallest absolute Gasteiger partial charge is 0.135 e. The normalized spacial score (nSPS) is 18.9. The fraction of sp³-hybridized carbons (Fsp3) is 0.941. The average Bonchev–Trinajstić information content (AvgIpc) is 2.25. The van der Waals surface area contributed by atoms with Crippen LogP contribution in [-0.2, 0) is 4.79 Å². The van der Waals surface area contributed by atoms with Gasteiger partial charge in [-0.2, -0.15) is 0 Å². The van der Waals surface area contributed by atoms with Crippen LogP contribution in [0, 0.1) is 16.7 Å². The Kier molecular flexibility index (Phi) is 9.68. The number of Topliss-reactive ketones (excluding diaryl/α,β-unsaturated/α-hetero) is 1. The topological polar surface area (TPSA) is 17.1 Å². The zero-order chi connectivity index (χ0) is 15.0. The first kappa shape index (κ1) is 20.0. The van der Waals surface area contributed by atoms with Crippen molar-refractivity contribution < 1.29 is 4.79 Å². The number of carbonyl (C=O) groups excluding carboxylic acids is 1. The molecule has 0 unspecified atom stereocenters. The maximum Gasteiger partial charge on any atom is 0.135 e. The van der Waals surface area contributed by atoms with Gasteiger partial charge in [0.1, 0.15) is 5.78 Å². The van der Waals surface area contributed by atoms with Crippen LogP contribution in [0.15, 0.2) is 0 Å². The second-order valence-corrected chi connectivity index (χ2v) is 7.15. The zero-order valence-corrected chi connectivity index (χ0v) is 14.3. The van der Waals surface area contributed by atoms with Crippen molar-refractivity contribution in [3.8, 4) is 0 Å². The Morgan fingerprint density at radius 2 is 1.33 bits per heavy atom. The third-order valence-corrected chi connectivity index (χ3v) is 3.68.